The van der Waals surface area contributed by atoms with E-state index in [0.717, 1.165) is 19.4 Å². The first kappa shape index (κ1) is 16.2. The van der Waals surface area contributed by atoms with E-state index < -0.39 is 0 Å². The molecule has 0 radical (unpaired) electrons. The van der Waals surface area contributed by atoms with Crippen LogP contribution in [-0.2, 0) is 4.74 Å². The summed E-state index contributed by atoms with van der Waals surface area (Å²) < 4.78 is 5.96. The van der Waals surface area contributed by atoms with E-state index >= 15 is 0 Å². The average molecular weight is 283 g/mol. The number of hydrogen-bond donors (Lipinski definition) is 1. The van der Waals surface area contributed by atoms with Gasteiger partial charge in [-0.05, 0) is 53.1 Å². The highest BCUT2D eigenvalue weighted by Crippen LogP contribution is 2.36. The molecular formula is C16H33N3O. The lowest BCUT2D eigenvalue weighted by molar-refractivity contribution is -0.112. The number of likely N-dealkylation sites (N-methyl/N-ethyl adjacent to an activating group) is 1. The Morgan fingerprint density at radius 1 is 1.20 bits per heavy atom. The normalized spacial score (nSPS) is 41.5. The molecule has 4 nitrogen and oxygen atoms in total. The monoisotopic (exact) mass is 283 g/mol. The molecule has 0 aromatic carbocycles. The summed E-state index contributed by atoms with van der Waals surface area (Å²) in [5.41, 5.74) is 6.43. The number of ether oxygens (including phenoxy) is 1. The Bertz CT molecular complexity index is 300. The first-order chi connectivity index (χ1) is 9.50. The molecule has 0 bridgehead atoms. The van der Waals surface area contributed by atoms with Crippen LogP contribution >= 0.6 is 0 Å². The highest BCUT2D eigenvalue weighted by molar-refractivity contribution is 5.01. The van der Waals surface area contributed by atoms with Crippen molar-refractivity contribution >= 4 is 0 Å². The number of hydrogen-bond acceptors (Lipinski definition) is 4. The molecule has 0 aliphatic carbocycles. The number of rotatable bonds is 3. The predicted molar refractivity (Wildman–Crippen MR) is 83.9 cm³/mol. The number of nitrogens with zero attached hydrogens (tertiary/aromatic N) is 2. The molecule has 0 saturated carbocycles. The standard InChI is InChI=1S/C16H33N3O/c1-5-15-11-18(4)7-6-8-19(15)16(12-17)9-13(2)20-14(3)10-16/h13-15H,5-12,17H2,1-4H3. The van der Waals surface area contributed by atoms with Crippen LogP contribution in [0.3, 0.4) is 0 Å². The maximum atomic E-state index is 6.29. The lowest BCUT2D eigenvalue weighted by Crippen LogP contribution is -2.63. The van der Waals surface area contributed by atoms with Gasteiger partial charge in [-0.1, -0.05) is 6.92 Å². The summed E-state index contributed by atoms with van der Waals surface area (Å²) in [5.74, 6) is 0. The summed E-state index contributed by atoms with van der Waals surface area (Å²) in [6.07, 6.45) is 5.25. The third kappa shape index (κ3) is 3.35. The van der Waals surface area contributed by atoms with Crippen LogP contribution in [0.2, 0.25) is 0 Å². The van der Waals surface area contributed by atoms with Crippen molar-refractivity contribution in [1.82, 2.24) is 9.80 Å². The molecule has 3 unspecified atom stereocenters. The van der Waals surface area contributed by atoms with Gasteiger partial charge in [0.25, 0.3) is 0 Å². The quantitative estimate of drug-likeness (QED) is 0.856. The molecule has 0 aromatic rings. The summed E-state index contributed by atoms with van der Waals surface area (Å²) >= 11 is 0. The fourth-order valence-corrected chi connectivity index (χ4v) is 4.38. The van der Waals surface area contributed by atoms with E-state index in [1.807, 2.05) is 0 Å². The zero-order valence-electron chi connectivity index (χ0n) is 13.8. The minimum absolute atomic E-state index is 0.142. The first-order valence-electron chi connectivity index (χ1n) is 8.31. The van der Waals surface area contributed by atoms with Gasteiger partial charge in [0.1, 0.15) is 0 Å². The molecule has 118 valence electrons. The zero-order valence-corrected chi connectivity index (χ0v) is 13.8. The Morgan fingerprint density at radius 2 is 1.85 bits per heavy atom. The third-order valence-electron chi connectivity index (χ3n) is 5.16. The molecule has 2 heterocycles. The molecule has 0 amide bonds. The van der Waals surface area contributed by atoms with Gasteiger partial charge in [-0.15, -0.1) is 0 Å². The van der Waals surface area contributed by atoms with Crippen molar-refractivity contribution in [2.24, 2.45) is 5.73 Å². The molecular weight excluding hydrogens is 250 g/mol. The van der Waals surface area contributed by atoms with Crippen molar-refractivity contribution < 1.29 is 4.74 Å². The summed E-state index contributed by atoms with van der Waals surface area (Å²) in [5, 5.41) is 0. The highest BCUT2D eigenvalue weighted by atomic mass is 16.5. The van der Waals surface area contributed by atoms with Crippen molar-refractivity contribution in [1.29, 1.82) is 0 Å². The van der Waals surface area contributed by atoms with Crippen LogP contribution in [0.4, 0.5) is 0 Å². The van der Waals surface area contributed by atoms with Crippen molar-refractivity contribution in [3.63, 3.8) is 0 Å². The Labute approximate surface area is 124 Å². The SMILES string of the molecule is CCC1CN(C)CCCN1C1(CN)CC(C)OC(C)C1. The van der Waals surface area contributed by atoms with Gasteiger partial charge in [0.05, 0.1) is 12.2 Å². The lowest BCUT2D eigenvalue weighted by Gasteiger charge is -2.52. The third-order valence-corrected chi connectivity index (χ3v) is 5.16. The van der Waals surface area contributed by atoms with E-state index in [0.29, 0.717) is 18.2 Å². The molecule has 2 rings (SSSR count). The fourth-order valence-electron chi connectivity index (χ4n) is 4.38. The summed E-state index contributed by atoms with van der Waals surface area (Å²) in [6.45, 7) is 11.0. The molecule has 4 heteroatoms. The van der Waals surface area contributed by atoms with Crippen molar-refractivity contribution in [3.05, 3.63) is 0 Å². The molecule has 20 heavy (non-hydrogen) atoms. The molecule has 2 N–H and O–H groups in total. The van der Waals surface area contributed by atoms with Crippen LogP contribution in [-0.4, -0.2) is 66.8 Å². The van der Waals surface area contributed by atoms with Crippen LogP contribution in [0.25, 0.3) is 0 Å². The molecule has 0 spiro atoms. The fraction of sp³-hybridized carbons (Fsp3) is 1.00. The summed E-state index contributed by atoms with van der Waals surface area (Å²) in [7, 11) is 2.25. The largest absolute Gasteiger partial charge is 0.375 e. The Hall–Kier alpha value is -0.160. The maximum Gasteiger partial charge on any atom is 0.0568 e. The van der Waals surface area contributed by atoms with E-state index in [2.05, 4.69) is 37.6 Å². The van der Waals surface area contributed by atoms with E-state index in [1.165, 1.54) is 32.5 Å². The van der Waals surface area contributed by atoms with E-state index in [1.54, 1.807) is 0 Å². The Morgan fingerprint density at radius 3 is 2.40 bits per heavy atom. The Balaban J connectivity index is 2.23. The van der Waals surface area contributed by atoms with Gasteiger partial charge >= 0.3 is 0 Å². The van der Waals surface area contributed by atoms with Crippen LogP contribution in [0.15, 0.2) is 0 Å². The average Bonchev–Trinajstić information content (AvgIpc) is 2.59. The number of nitrogens with two attached hydrogens (primary N) is 1. The van der Waals surface area contributed by atoms with Gasteiger partial charge in [-0.2, -0.15) is 0 Å². The predicted octanol–water partition coefficient (Wildman–Crippen LogP) is 1.69. The highest BCUT2D eigenvalue weighted by Gasteiger charge is 2.44. The zero-order chi connectivity index (χ0) is 14.8. The van der Waals surface area contributed by atoms with Gasteiger partial charge in [-0.3, -0.25) is 4.90 Å². The molecule has 2 aliphatic heterocycles. The second-order valence-electron chi connectivity index (χ2n) is 6.97. The van der Waals surface area contributed by atoms with Gasteiger partial charge in [0.15, 0.2) is 0 Å². The van der Waals surface area contributed by atoms with E-state index in [4.69, 9.17) is 10.5 Å². The van der Waals surface area contributed by atoms with Crippen molar-refractivity contribution in [3.8, 4) is 0 Å². The minimum Gasteiger partial charge on any atom is -0.375 e. The summed E-state index contributed by atoms with van der Waals surface area (Å²) in [6, 6.07) is 0.628. The molecule has 2 fully saturated rings. The van der Waals surface area contributed by atoms with Crippen LogP contribution < -0.4 is 5.73 Å². The van der Waals surface area contributed by atoms with Crippen LogP contribution in [0, 0.1) is 0 Å². The minimum atomic E-state index is 0.142. The van der Waals surface area contributed by atoms with Gasteiger partial charge in [0, 0.05) is 31.2 Å². The second kappa shape index (κ2) is 6.73. The van der Waals surface area contributed by atoms with Crippen LogP contribution in [0.5, 0.6) is 0 Å². The van der Waals surface area contributed by atoms with Gasteiger partial charge < -0.3 is 15.4 Å². The van der Waals surface area contributed by atoms with Crippen LogP contribution in [0.1, 0.15) is 46.5 Å². The van der Waals surface area contributed by atoms with Gasteiger partial charge in [-0.25, -0.2) is 0 Å². The molecule has 0 aromatic heterocycles. The summed E-state index contributed by atoms with van der Waals surface area (Å²) in [4.78, 5) is 5.22. The van der Waals surface area contributed by atoms with E-state index in [-0.39, 0.29) is 5.54 Å². The van der Waals surface area contributed by atoms with Gasteiger partial charge in [0.2, 0.25) is 0 Å². The lowest BCUT2D eigenvalue weighted by atomic mass is 9.81. The maximum absolute atomic E-state index is 6.29. The van der Waals surface area contributed by atoms with E-state index in [9.17, 15) is 0 Å². The van der Waals surface area contributed by atoms with Crippen molar-refractivity contribution in [2.45, 2.75) is 70.2 Å². The smallest absolute Gasteiger partial charge is 0.0568 e. The first-order valence-corrected chi connectivity index (χ1v) is 8.31. The second-order valence-corrected chi connectivity index (χ2v) is 6.97. The molecule has 2 saturated heterocycles. The molecule has 3 atom stereocenters. The topological polar surface area (TPSA) is 41.7 Å². The molecule has 2 aliphatic rings. The Kier molecular flexibility index (Phi) is 5.46. The van der Waals surface area contributed by atoms with Crippen molar-refractivity contribution in [2.75, 3.05) is 33.2 Å².